The predicted molar refractivity (Wildman–Crippen MR) is 131 cm³/mol. The summed E-state index contributed by atoms with van der Waals surface area (Å²) in [4.78, 5) is 33.0. The third kappa shape index (κ3) is 4.39. The highest BCUT2D eigenvalue weighted by molar-refractivity contribution is 6.99. The lowest BCUT2D eigenvalue weighted by molar-refractivity contribution is -0.170. The molecule has 1 fully saturated rings. The van der Waals surface area contributed by atoms with Crippen LogP contribution in [0.15, 0.2) is 82.5 Å². The molecule has 0 aliphatic carbocycles. The predicted octanol–water partition coefficient (Wildman–Crippen LogP) is 2.25. The van der Waals surface area contributed by atoms with Crippen molar-refractivity contribution in [2.75, 3.05) is 13.7 Å². The SMILES string of the molecule is CN1O[C@@H](n2c(=O)cc[nH]c2=O)C[C@@H]1CO[Si](c1ccccc1)(c1ccccc1)C(C)(C)C. The van der Waals surface area contributed by atoms with E-state index in [1.807, 2.05) is 19.2 Å². The monoisotopic (exact) mass is 465 g/mol. The van der Waals surface area contributed by atoms with E-state index in [4.69, 9.17) is 9.26 Å². The van der Waals surface area contributed by atoms with E-state index in [2.05, 4.69) is 74.3 Å². The number of aromatic nitrogens is 2. The van der Waals surface area contributed by atoms with Gasteiger partial charge in [-0.15, -0.1) is 0 Å². The van der Waals surface area contributed by atoms with Gasteiger partial charge in [-0.2, -0.15) is 5.06 Å². The average molecular weight is 466 g/mol. The van der Waals surface area contributed by atoms with Crippen LogP contribution in [0.1, 0.15) is 33.4 Å². The molecule has 4 rings (SSSR count). The molecule has 0 bridgehead atoms. The number of hydrogen-bond donors (Lipinski definition) is 1. The van der Waals surface area contributed by atoms with E-state index in [1.165, 1.54) is 22.6 Å². The van der Waals surface area contributed by atoms with Crippen LogP contribution in [-0.2, 0) is 9.26 Å². The third-order valence-corrected chi connectivity index (χ3v) is 11.4. The lowest BCUT2D eigenvalue weighted by atomic mass is 10.2. The second-order valence-corrected chi connectivity index (χ2v) is 13.8. The van der Waals surface area contributed by atoms with Crippen LogP contribution in [-0.4, -0.2) is 42.6 Å². The maximum absolute atomic E-state index is 12.3. The van der Waals surface area contributed by atoms with Crippen molar-refractivity contribution in [1.82, 2.24) is 14.6 Å². The smallest absolute Gasteiger partial charge is 0.330 e. The number of nitrogens with zero attached hydrogens (tertiary/aromatic N) is 2. The summed E-state index contributed by atoms with van der Waals surface area (Å²) in [6.07, 6.45) is 1.16. The number of rotatable bonds is 6. The van der Waals surface area contributed by atoms with Gasteiger partial charge in [0.2, 0.25) is 0 Å². The van der Waals surface area contributed by atoms with Gasteiger partial charge in [-0.25, -0.2) is 9.36 Å². The summed E-state index contributed by atoms with van der Waals surface area (Å²) in [5, 5.41) is 3.98. The first-order valence-electron chi connectivity index (χ1n) is 11.2. The first kappa shape index (κ1) is 23.4. The van der Waals surface area contributed by atoms with Crippen LogP contribution in [0.5, 0.6) is 0 Å². The summed E-state index contributed by atoms with van der Waals surface area (Å²) in [6.45, 7) is 7.12. The van der Waals surface area contributed by atoms with Crippen molar-refractivity contribution in [3.8, 4) is 0 Å². The first-order chi connectivity index (χ1) is 15.7. The van der Waals surface area contributed by atoms with E-state index >= 15 is 0 Å². The molecular formula is C25H31N3O4Si. The molecule has 0 radical (unpaired) electrons. The molecule has 1 aliphatic rings. The Bertz CT molecular complexity index is 1120. The molecule has 1 N–H and O–H groups in total. The number of H-pyrrole nitrogens is 1. The Morgan fingerprint density at radius 2 is 1.58 bits per heavy atom. The van der Waals surface area contributed by atoms with Gasteiger partial charge >= 0.3 is 5.69 Å². The summed E-state index contributed by atoms with van der Waals surface area (Å²) in [5.74, 6) is 0. The zero-order valence-electron chi connectivity index (χ0n) is 19.5. The number of benzene rings is 2. The van der Waals surface area contributed by atoms with Gasteiger partial charge in [0.05, 0.1) is 12.6 Å². The highest BCUT2D eigenvalue weighted by Crippen LogP contribution is 2.37. The molecule has 0 spiro atoms. The lowest BCUT2D eigenvalue weighted by Crippen LogP contribution is -2.67. The first-order valence-corrected chi connectivity index (χ1v) is 13.1. The summed E-state index contributed by atoms with van der Waals surface area (Å²) in [7, 11) is -0.867. The maximum Gasteiger partial charge on any atom is 0.330 e. The second-order valence-electron chi connectivity index (χ2n) is 9.46. The van der Waals surface area contributed by atoms with E-state index < -0.39 is 20.2 Å². The van der Waals surface area contributed by atoms with E-state index in [-0.39, 0.29) is 16.6 Å². The quantitative estimate of drug-likeness (QED) is 0.565. The van der Waals surface area contributed by atoms with Crippen molar-refractivity contribution >= 4 is 18.7 Å². The van der Waals surface area contributed by atoms with Crippen LogP contribution in [0.25, 0.3) is 0 Å². The van der Waals surface area contributed by atoms with Gasteiger partial charge in [0.1, 0.15) is 0 Å². The highest BCUT2D eigenvalue weighted by Gasteiger charge is 2.51. The van der Waals surface area contributed by atoms with Gasteiger partial charge in [-0.1, -0.05) is 81.4 Å². The fourth-order valence-corrected chi connectivity index (χ4v) is 9.32. The maximum atomic E-state index is 12.3. The molecular weight excluding hydrogens is 434 g/mol. The molecule has 33 heavy (non-hydrogen) atoms. The van der Waals surface area contributed by atoms with Crippen LogP contribution in [0.3, 0.4) is 0 Å². The van der Waals surface area contributed by atoms with Gasteiger partial charge < -0.3 is 9.41 Å². The summed E-state index contributed by atoms with van der Waals surface area (Å²) in [6, 6.07) is 22.1. The zero-order valence-corrected chi connectivity index (χ0v) is 20.5. The molecule has 2 aromatic carbocycles. The summed E-state index contributed by atoms with van der Waals surface area (Å²) >= 11 is 0. The Kier molecular flexibility index (Phi) is 6.53. The van der Waals surface area contributed by atoms with E-state index in [0.717, 1.165) is 4.57 Å². The molecule has 0 saturated carbocycles. The van der Waals surface area contributed by atoms with Gasteiger partial charge in [0, 0.05) is 25.7 Å². The van der Waals surface area contributed by atoms with Crippen molar-refractivity contribution in [2.24, 2.45) is 0 Å². The van der Waals surface area contributed by atoms with E-state index in [1.54, 1.807) is 5.06 Å². The molecule has 1 saturated heterocycles. The largest absolute Gasteiger partial charge is 0.406 e. The minimum absolute atomic E-state index is 0.108. The molecule has 1 aliphatic heterocycles. The number of hydroxylamine groups is 2. The molecule has 8 heteroatoms. The van der Waals surface area contributed by atoms with Crippen LogP contribution >= 0.6 is 0 Å². The van der Waals surface area contributed by atoms with Crippen molar-refractivity contribution < 1.29 is 9.26 Å². The molecule has 2 heterocycles. The van der Waals surface area contributed by atoms with Gasteiger partial charge in [-0.05, 0) is 15.4 Å². The molecule has 2 atom stereocenters. The van der Waals surface area contributed by atoms with Gasteiger partial charge in [0.15, 0.2) is 6.23 Å². The molecule has 174 valence electrons. The summed E-state index contributed by atoms with van der Waals surface area (Å²) in [5.41, 5.74) is -0.861. The molecule has 0 unspecified atom stereocenters. The Morgan fingerprint density at radius 3 is 2.09 bits per heavy atom. The summed E-state index contributed by atoms with van der Waals surface area (Å²) < 4.78 is 8.13. The number of likely N-dealkylation sites (N-methyl/N-ethyl adjacent to an activating group) is 1. The molecule has 3 aromatic rings. The lowest BCUT2D eigenvalue weighted by Gasteiger charge is -2.43. The van der Waals surface area contributed by atoms with Crippen molar-refractivity contribution in [2.45, 2.75) is 44.5 Å². The fraction of sp³-hybridized carbons (Fsp3) is 0.360. The zero-order chi connectivity index (χ0) is 23.6. The topological polar surface area (TPSA) is 76.6 Å². The Hall–Kier alpha value is -2.78. The van der Waals surface area contributed by atoms with E-state index in [9.17, 15) is 9.59 Å². The number of nitrogens with one attached hydrogen (secondary N) is 1. The fourth-order valence-electron chi connectivity index (χ4n) is 4.72. The molecule has 7 nitrogen and oxygen atoms in total. The van der Waals surface area contributed by atoms with Crippen LogP contribution in [0, 0.1) is 0 Å². The van der Waals surface area contributed by atoms with Gasteiger partial charge in [-0.3, -0.25) is 9.63 Å². The number of aromatic amines is 1. The molecule has 1 aromatic heterocycles. The van der Waals surface area contributed by atoms with Crippen LogP contribution < -0.4 is 21.6 Å². The average Bonchev–Trinajstić information content (AvgIpc) is 3.14. The minimum atomic E-state index is -2.69. The Labute approximate surface area is 194 Å². The van der Waals surface area contributed by atoms with Crippen LogP contribution in [0.2, 0.25) is 5.04 Å². The minimum Gasteiger partial charge on any atom is -0.406 e. The van der Waals surface area contributed by atoms with Gasteiger partial charge in [0.25, 0.3) is 13.9 Å². The molecule has 0 amide bonds. The van der Waals surface area contributed by atoms with Crippen molar-refractivity contribution in [3.05, 3.63) is 93.8 Å². The Balaban J connectivity index is 1.67. The normalized spacial score (nSPS) is 19.6. The second kappa shape index (κ2) is 9.22. The van der Waals surface area contributed by atoms with Crippen molar-refractivity contribution in [3.63, 3.8) is 0 Å². The van der Waals surface area contributed by atoms with E-state index in [0.29, 0.717) is 13.0 Å². The van der Waals surface area contributed by atoms with Crippen molar-refractivity contribution in [1.29, 1.82) is 0 Å². The standard InChI is InChI=1S/C25H31N3O4Si/c1-25(2,3)33(20-11-7-5-8-12-20,21-13-9-6-10-14-21)31-18-19-17-23(32-27(19)4)28-22(29)15-16-26-24(28)30/h5-16,19,23H,17-18H2,1-4H3,(H,26,30)/t19-,23-/m1/s1. The van der Waals surface area contributed by atoms with Crippen LogP contribution in [0.4, 0.5) is 0 Å². The highest BCUT2D eigenvalue weighted by atomic mass is 28.4. The Morgan fingerprint density at radius 1 is 1.00 bits per heavy atom. The third-order valence-electron chi connectivity index (χ3n) is 6.36. The number of hydrogen-bond acceptors (Lipinski definition) is 5.